The van der Waals surface area contributed by atoms with Gasteiger partial charge in [0.1, 0.15) is 0 Å². The summed E-state index contributed by atoms with van der Waals surface area (Å²) >= 11 is 0. The maximum Gasteiger partial charge on any atom is 0.203 e. The van der Waals surface area contributed by atoms with Gasteiger partial charge in [0, 0.05) is 30.7 Å². The van der Waals surface area contributed by atoms with E-state index in [1.807, 2.05) is 12.1 Å². The van der Waals surface area contributed by atoms with Crippen LogP contribution >= 0.6 is 0 Å². The molecule has 0 bridgehead atoms. The lowest BCUT2D eigenvalue weighted by Crippen LogP contribution is -2.36. The topological polar surface area (TPSA) is 51.8 Å². The Balaban J connectivity index is 1.97. The van der Waals surface area contributed by atoms with E-state index in [-0.39, 0.29) is 0 Å². The summed E-state index contributed by atoms with van der Waals surface area (Å²) in [5.41, 5.74) is 1.06. The van der Waals surface area contributed by atoms with Crippen LogP contribution in [0.15, 0.2) is 12.1 Å². The van der Waals surface area contributed by atoms with Crippen molar-refractivity contribution in [3.63, 3.8) is 0 Å². The highest BCUT2D eigenvalue weighted by Crippen LogP contribution is 2.39. The molecule has 1 unspecified atom stereocenters. The van der Waals surface area contributed by atoms with E-state index in [0.29, 0.717) is 17.5 Å². The largest absolute Gasteiger partial charge is 0.493 e. The molecule has 0 saturated heterocycles. The highest BCUT2D eigenvalue weighted by Gasteiger charge is 2.21. The van der Waals surface area contributed by atoms with E-state index >= 15 is 0 Å². The van der Waals surface area contributed by atoms with Crippen molar-refractivity contribution in [3.8, 4) is 17.2 Å². The van der Waals surface area contributed by atoms with E-state index in [1.54, 1.807) is 21.3 Å². The minimum Gasteiger partial charge on any atom is -0.493 e. The average Bonchev–Trinajstić information content (AvgIpc) is 3.33. The Morgan fingerprint density at radius 3 is 2.38 bits per heavy atom. The molecule has 1 aliphatic carbocycles. The molecule has 0 amide bonds. The third-order valence-electron chi connectivity index (χ3n) is 3.72. The maximum atomic E-state index is 5.49. The van der Waals surface area contributed by atoms with Gasteiger partial charge in [-0.15, -0.1) is 0 Å². The van der Waals surface area contributed by atoms with Crippen LogP contribution in [0.1, 0.15) is 25.3 Å². The van der Waals surface area contributed by atoms with Crippen molar-refractivity contribution < 1.29 is 14.2 Å². The van der Waals surface area contributed by atoms with Gasteiger partial charge in [0.2, 0.25) is 5.75 Å². The first-order valence-electron chi connectivity index (χ1n) is 7.44. The summed E-state index contributed by atoms with van der Waals surface area (Å²) in [6.07, 6.45) is 2.63. The zero-order valence-corrected chi connectivity index (χ0v) is 13.4. The van der Waals surface area contributed by atoms with Crippen molar-refractivity contribution in [1.82, 2.24) is 10.6 Å². The fourth-order valence-corrected chi connectivity index (χ4v) is 2.29. The fourth-order valence-electron chi connectivity index (χ4n) is 2.29. The van der Waals surface area contributed by atoms with Gasteiger partial charge in [-0.25, -0.2) is 0 Å². The van der Waals surface area contributed by atoms with Crippen LogP contribution < -0.4 is 24.8 Å². The van der Waals surface area contributed by atoms with E-state index < -0.39 is 0 Å². The second kappa shape index (κ2) is 7.52. The molecule has 0 radical (unpaired) electrons. The Hall–Kier alpha value is -1.46. The molecule has 0 aromatic heterocycles. The zero-order valence-electron chi connectivity index (χ0n) is 13.4. The zero-order chi connectivity index (χ0) is 15.2. The molecule has 1 aromatic carbocycles. The van der Waals surface area contributed by atoms with Crippen LogP contribution in [0.3, 0.4) is 0 Å². The lowest BCUT2D eigenvalue weighted by Gasteiger charge is -2.18. The van der Waals surface area contributed by atoms with Crippen LogP contribution in [0.5, 0.6) is 17.2 Å². The second-order valence-electron chi connectivity index (χ2n) is 5.46. The van der Waals surface area contributed by atoms with Gasteiger partial charge in [0.05, 0.1) is 21.3 Å². The summed E-state index contributed by atoms with van der Waals surface area (Å²) in [6, 6.07) is 5.06. The maximum absolute atomic E-state index is 5.49. The van der Waals surface area contributed by atoms with Crippen molar-refractivity contribution >= 4 is 0 Å². The lowest BCUT2D eigenvalue weighted by molar-refractivity contribution is 0.321. The number of methoxy groups -OCH3 is 3. The number of benzene rings is 1. The van der Waals surface area contributed by atoms with Crippen LogP contribution in [-0.4, -0.2) is 40.0 Å². The monoisotopic (exact) mass is 294 g/mol. The van der Waals surface area contributed by atoms with Crippen molar-refractivity contribution in [3.05, 3.63) is 17.7 Å². The molecule has 2 N–H and O–H groups in total. The molecule has 1 aliphatic rings. The molecular weight excluding hydrogens is 268 g/mol. The highest BCUT2D eigenvalue weighted by atomic mass is 16.5. The first kappa shape index (κ1) is 15.9. The number of ether oxygens (including phenoxy) is 3. The third-order valence-corrected chi connectivity index (χ3v) is 3.72. The van der Waals surface area contributed by atoms with E-state index in [1.165, 1.54) is 12.8 Å². The molecule has 0 spiro atoms. The van der Waals surface area contributed by atoms with E-state index in [4.69, 9.17) is 14.2 Å². The van der Waals surface area contributed by atoms with E-state index in [0.717, 1.165) is 30.4 Å². The molecule has 0 heterocycles. The lowest BCUT2D eigenvalue weighted by atomic mass is 10.1. The molecular formula is C16H26N2O3. The SMILES string of the molecule is COc1ccc(CNC(C)CNC2CC2)c(OC)c1OC. The minimum absolute atomic E-state index is 0.406. The number of hydrogen-bond acceptors (Lipinski definition) is 5. The second-order valence-corrected chi connectivity index (χ2v) is 5.46. The van der Waals surface area contributed by atoms with Gasteiger partial charge in [0.15, 0.2) is 11.5 Å². The fraction of sp³-hybridized carbons (Fsp3) is 0.625. The minimum atomic E-state index is 0.406. The van der Waals surface area contributed by atoms with Crippen LogP contribution in [0.25, 0.3) is 0 Å². The number of nitrogens with one attached hydrogen (secondary N) is 2. The first-order valence-corrected chi connectivity index (χ1v) is 7.44. The van der Waals surface area contributed by atoms with Gasteiger partial charge in [0.25, 0.3) is 0 Å². The molecule has 5 nitrogen and oxygen atoms in total. The van der Waals surface area contributed by atoms with Gasteiger partial charge >= 0.3 is 0 Å². The Bertz CT molecular complexity index is 461. The standard InChI is InChI=1S/C16H26N2O3/c1-11(9-18-13-6-7-13)17-10-12-5-8-14(19-2)16(21-4)15(12)20-3/h5,8,11,13,17-18H,6-7,9-10H2,1-4H3. The van der Waals surface area contributed by atoms with Gasteiger partial charge in [-0.2, -0.15) is 0 Å². The van der Waals surface area contributed by atoms with Gasteiger partial charge < -0.3 is 24.8 Å². The summed E-state index contributed by atoms with van der Waals surface area (Å²) in [5.74, 6) is 2.05. The van der Waals surface area contributed by atoms with Crippen LogP contribution in [0.4, 0.5) is 0 Å². The quantitative estimate of drug-likeness (QED) is 0.729. The van der Waals surface area contributed by atoms with Crippen LogP contribution in [0.2, 0.25) is 0 Å². The average molecular weight is 294 g/mol. The summed E-state index contributed by atoms with van der Waals surface area (Å²) in [5, 5.41) is 7.03. The third kappa shape index (κ3) is 4.25. The van der Waals surface area contributed by atoms with Gasteiger partial charge in [-0.05, 0) is 25.8 Å². The molecule has 0 aliphatic heterocycles. The van der Waals surface area contributed by atoms with Crippen molar-refractivity contribution in [1.29, 1.82) is 0 Å². The number of rotatable bonds is 9. The summed E-state index contributed by atoms with van der Waals surface area (Å²) in [4.78, 5) is 0. The predicted molar refractivity (Wildman–Crippen MR) is 83.4 cm³/mol. The van der Waals surface area contributed by atoms with Crippen molar-refractivity contribution in [2.24, 2.45) is 0 Å². The summed E-state index contributed by atoms with van der Waals surface area (Å²) in [6.45, 7) is 3.90. The molecule has 1 atom stereocenters. The van der Waals surface area contributed by atoms with E-state index in [2.05, 4.69) is 17.6 Å². The molecule has 21 heavy (non-hydrogen) atoms. The Labute approximate surface area is 127 Å². The van der Waals surface area contributed by atoms with Crippen LogP contribution in [-0.2, 0) is 6.54 Å². The Morgan fingerprint density at radius 1 is 1.10 bits per heavy atom. The van der Waals surface area contributed by atoms with E-state index in [9.17, 15) is 0 Å². The smallest absolute Gasteiger partial charge is 0.203 e. The van der Waals surface area contributed by atoms with Crippen molar-refractivity contribution in [2.45, 2.75) is 38.4 Å². The number of hydrogen-bond donors (Lipinski definition) is 2. The molecule has 2 rings (SSSR count). The van der Waals surface area contributed by atoms with Crippen LogP contribution in [0, 0.1) is 0 Å². The Morgan fingerprint density at radius 2 is 1.81 bits per heavy atom. The normalized spacial score (nSPS) is 15.6. The molecule has 1 saturated carbocycles. The van der Waals surface area contributed by atoms with Gasteiger partial charge in [-0.1, -0.05) is 6.07 Å². The predicted octanol–water partition coefficient (Wildman–Crippen LogP) is 1.94. The summed E-state index contributed by atoms with van der Waals surface area (Å²) < 4.78 is 16.2. The van der Waals surface area contributed by atoms with Gasteiger partial charge in [-0.3, -0.25) is 0 Å². The molecule has 118 valence electrons. The summed E-state index contributed by atoms with van der Waals surface area (Å²) in [7, 11) is 4.90. The van der Waals surface area contributed by atoms with Crippen molar-refractivity contribution in [2.75, 3.05) is 27.9 Å². The molecule has 1 aromatic rings. The molecule has 5 heteroatoms. The highest BCUT2D eigenvalue weighted by molar-refractivity contribution is 5.55. The first-order chi connectivity index (χ1) is 10.2. The Kier molecular flexibility index (Phi) is 5.70. The molecule has 1 fully saturated rings.